The van der Waals surface area contributed by atoms with Crippen molar-refractivity contribution in [2.24, 2.45) is 0 Å². The van der Waals surface area contributed by atoms with Gasteiger partial charge in [0, 0.05) is 37.2 Å². The number of ether oxygens (including phenoxy) is 1. The van der Waals surface area contributed by atoms with Gasteiger partial charge in [0.2, 0.25) is 10.0 Å². The molecule has 0 atom stereocenters. The van der Waals surface area contributed by atoms with Crippen LogP contribution in [0.4, 0.5) is 5.69 Å². The number of amides is 1. The second-order valence-electron chi connectivity index (χ2n) is 8.59. The summed E-state index contributed by atoms with van der Waals surface area (Å²) in [4.78, 5) is 27.5. The summed E-state index contributed by atoms with van der Waals surface area (Å²) in [6.07, 6.45) is 2.58. The molecule has 2 aliphatic heterocycles. The number of Topliss-reactive ketones (excluding diaryl/α,β-unsaturated/α-hetero) is 1. The molecule has 1 saturated heterocycles. The van der Waals surface area contributed by atoms with Crippen LogP contribution in [0.5, 0.6) is 5.75 Å². The fourth-order valence-electron chi connectivity index (χ4n) is 4.41. The van der Waals surface area contributed by atoms with Gasteiger partial charge in [-0.2, -0.15) is 0 Å². The third-order valence-electron chi connectivity index (χ3n) is 5.92. The van der Waals surface area contributed by atoms with Crippen molar-refractivity contribution in [2.75, 3.05) is 24.1 Å². The largest absolute Gasteiger partial charge is 0.486 e. The first kappa shape index (κ1) is 21.4. The number of likely N-dealkylation sites (tertiary alicyclic amines) is 1. The summed E-state index contributed by atoms with van der Waals surface area (Å²) < 4.78 is 31.4. The molecule has 0 aliphatic carbocycles. The van der Waals surface area contributed by atoms with Crippen LogP contribution in [0.1, 0.15) is 51.1 Å². The van der Waals surface area contributed by atoms with Crippen molar-refractivity contribution in [3.05, 3.63) is 58.7 Å². The van der Waals surface area contributed by atoms with Gasteiger partial charge in [-0.3, -0.25) is 14.3 Å². The van der Waals surface area contributed by atoms with Gasteiger partial charge in [-0.1, -0.05) is 6.07 Å². The smallest absolute Gasteiger partial charge is 0.253 e. The number of carbonyl (C=O) groups is 2. The summed E-state index contributed by atoms with van der Waals surface area (Å²) in [5.41, 5.74) is 3.00. The van der Waals surface area contributed by atoms with Gasteiger partial charge in [0.25, 0.3) is 5.91 Å². The molecule has 0 unspecified atom stereocenters. The standard InChI is InChI=1S/C23H26N2O5S/c1-15-12-16(2)21-19(13-15)20(26)14-23(30-21)8-10-25(11-9-23)22(27)17-4-6-18(7-5-17)24-31(3,28)29/h4-7,12-13,24H,8-11,14H2,1-3H3. The van der Waals surface area contributed by atoms with Crippen LogP contribution in [-0.2, 0) is 10.0 Å². The molecule has 7 nitrogen and oxygen atoms in total. The zero-order valence-electron chi connectivity index (χ0n) is 17.9. The number of benzene rings is 2. The van der Waals surface area contributed by atoms with Crippen LogP contribution in [0.2, 0.25) is 0 Å². The van der Waals surface area contributed by atoms with Gasteiger partial charge in [0.15, 0.2) is 5.78 Å². The summed E-state index contributed by atoms with van der Waals surface area (Å²) >= 11 is 0. The number of piperidine rings is 1. The molecule has 0 saturated carbocycles. The normalized spacial score (nSPS) is 17.8. The van der Waals surface area contributed by atoms with E-state index in [2.05, 4.69) is 4.72 Å². The fourth-order valence-corrected chi connectivity index (χ4v) is 4.98. The summed E-state index contributed by atoms with van der Waals surface area (Å²) in [7, 11) is -3.36. The summed E-state index contributed by atoms with van der Waals surface area (Å²) in [5, 5.41) is 0. The first-order valence-corrected chi connectivity index (χ1v) is 12.1. The topological polar surface area (TPSA) is 92.8 Å². The highest BCUT2D eigenvalue weighted by Crippen LogP contribution is 2.41. The second kappa shape index (κ2) is 7.67. The first-order chi connectivity index (χ1) is 14.6. The lowest BCUT2D eigenvalue weighted by Crippen LogP contribution is -2.52. The number of hydrogen-bond donors (Lipinski definition) is 1. The van der Waals surface area contributed by atoms with Crippen molar-refractivity contribution in [1.82, 2.24) is 4.90 Å². The van der Waals surface area contributed by atoms with E-state index in [-0.39, 0.29) is 11.7 Å². The van der Waals surface area contributed by atoms with E-state index in [0.717, 1.165) is 17.4 Å². The van der Waals surface area contributed by atoms with Crippen molar-refractivity contribution in [2.45, 2.75) is 38.7 Å². The molecular weight excluding hydrogens is 416 g/mol. The average molecular weight is 443 g/mol. The zero-order chi connectivity index (χ0) is 22.4. The summed E-state index contributed by atoms with van der Waals surface area (Å²) in [6.45, 7) is 4.92. The third kappa shape index (κ3) is 4.44. The van der Waals surface area contributed by atoms with E-state index in [1.54, 1.807) is 29.2 Å². The van der Waals surface area contributed by atoms with Gasteiger partial charge >= 0.3 is 0 Å². The number of sulfonamides is 1. The zero-order valence-corrected chi connectivity index (χ0v) is 18.7. The van der Waals surface area contributed by atoms with Gasteiger partial charge in [0.1, 0.15) is 11.4 Å². The summed E-state index contributed by atoms with van der Waals surface area (Å²) in [5.74, 6) is 0.660. The minimum Gasteiger partial charge on any atom is -0.486 e. The highest BCUT2D eigenvalue weighted by atomic mass is 32.2. The van der Waals surface area contributed by atoms with Crippen LogP contribution >= 0.6 is 0 Å². The number of hydrogen-bond acceptors (Lipinski definition) is 5. The number of ketones is 1. The second-order valence-corrected chi connectivity index (χ2v) is 10.3. The quantitative estimate of drug-likeness (QED) is 0.787. The summed E-state index contributed by atoms with van der Waals surface area (Å²) in [6, 6.07) is 10.3. The van der Waals surface area contributed by atoms with Gasteiger partial charge in [0.05, 0.1) is 18.2 Å². The Morgan fingerprint density at radius 1 is 1.10 bits per heavy atom. The third-order valence-corrected chi connectivity index (χ3v) is 6.52. The Kier molecular flexibility index (Phi) is 5.29. The van der Waals surface area contributed by atoms with Crippen LogP contribution in [0.15, 0.2) is 36.4 Å². The van der Waals surface area contributed by atoms with E-state index in [4.69, 9.17) is 4.74 Å². The van der Waals surface area contributed by atoms with E-state index in [1.807, 2.05) is 26.0 Å². The van der Waals surface area contributed by atoms with Crippen LogP contribution in [0, 0.1) is 13.8 Å². The molecule has 1 N–H and O–H groups in total. The molecule has 1 spiro atoms. The lowest BCUT2D eigenvalue weighted by atomic mass is 9.81. The number of rotatable bonds is 3. The molecule has 1 fully saturated rings. The molecule has 4 rings (SSSR count). The Hall–Kier alpha value is -2.87. The van der Waals surface area contributed by atoms with Crippen molar-refractivity contribution in [3.63, 3.8) is 0 Å². The highest BCUT2D eigenvalue weighted by Gasteiger charge is 2.44. The molecule has 2 aromatic rings. The number of anilines is 1. The molecule has 0 aromatic heterocycles. The number of aryl methyl sites for hydroxylation is 2. The van der Waals surface area contributed by atoms with Crippen molar-refractivity contribution >= 4 is 27.4 Å². The van der Waals surface area contributed by atoms with Gasteiger partial charge in [-0.15, -0.1) is 0 Å². The predicted octanol–water partition coefficient (Wildman–Crippen LogP) is 3.32. The maximum Gasteiger partial charge on any atom is 0.253 e. The molecular formula is C23H26N2O5S. The Morgan fingerprint density at radius 2 is 1.74 bits per heavy atom. The molecule has 8 heteroatoms. The van der Waals surface area contributed by atoms with Crippen molar-refractivity contribution < 1.29 is 22.7 Å². The molecule has 0 radical (unpaired) electrons. The Balaban J connectivity index is 1.45. The van der Waals surface area contributed by atoms with E-state index in [9.17, 15) is 18.0 Å². The van der Waals surface area contributed by atoms with Crippen molar-refractivity contribution in [1.29, 1.82) is 0 Å². The Bertz CT molecular complexity index is 1150. The van der Waals surface area contributed by atoms with Crippen LogP contribution in [0.3, 0.4) is 0 Å². The number of carbonyl (C=O) groups excluding carboxylic acids is 2. The molecule has 164 valence electrons. The van der Waals surface area contributed by atoms with Gasteiger partial charge < -0.3 is 9.64 Å². The van der Waals surface area contributed by atoms with Crippen LogP contribution < -0.4 is 9.46 Å². The maximum atomic E-state index is 12.9. The van der Waals surface area contributed by atoms with Crippen LogP contribution in [-0.4, -0.2) is 50.0 Å². The Labute approximate surface area is 182 Å². The van der Waals surface area contributed by atoms with E-state index >= 15 is 0 Å². The van der Waals surface area contributed by atoms with Gasteiger partial charge in [-0.25, -0.2) is 8.42 Å². The highest BCUT2D eigenvalue weighted by molar-refractivity contribution is 7.92. The minimum atomic E-state index is -3.36. The first-order valence-electron chi connectivity index (χ1n) is 10.3. The van der Waals surface area contributed by atoms with E-state index < -0.39 is 15.6 Å². The Morgan fingerprint density at radius 3 is 2.35 bits per heavy atom. The molecule has 1 amide bonds. The molecule has 2 heterocycles. The molecule has 2 aromatic carbocycles. The van der Waals surface area contributed by atoms with Crippen molar-refractivity contribution in [3.8, 4) is 5.75 Å². The number of fused-ring (bicyclic) bond motifs is 1. The van der Waals surface area contributed by atoms with Crippen LogP contribution in [0.25, 0.3) is 0 Å². The average Bonchev–Trinajstić information content (AvgIpc) is 2.69. The SMILES string of the molecule is Cc1cc(C)c2c(c1)C(=O)CC1(CCN(C(=O)c3ccc(NS(C)(=O)=O)cc3)CC1)O2. The van der Waals surface area contributed by atoms with E-state index in [1.165, 1.54) is 0 Å². The van der Waals surface area contributed by atoms with E-state index in [0.29, 0.717) is 54.9 Å². The lowest BCUT2D eigenvalue weighted by molar-refractivity contribution is -0.00619. The van der Waals surface area contributed by atoms with Gasteiger partial charge in [-0.05, 0) is 55.3 Å². The lowest BCUT2D eigenvalue weighted by Gasteiger charge is -2.44. The molecule has 0 bridgehead atoms. The molecule has 2 aliphatic rings. The number of nitrogens with zero attached hydrogens (tertiary/aromatic N) is 1. The molecule has 31 heavy (non-hydrogen) atoms. The maximum absolute atomic E-state index is 12.9. The predicted molar refractivity (Wildman–Crippen MR) is 118 cm³/mol. The monoisotopic (exact) mass is 442 g/mol. The number of nitrogens with one attached hydrogen (secondary N) is 1. The fraction of sp³-hybridized carbons (Fsp3) is 0.391. The minimum absolute atomic E-state index is 0.0989.